The lowest BCUT2D eigenvalue weighted by Crippen LogP contribution is -2.06. The van der Waals surface area contributed by atoms with E-state index in [1.807, 2.05) is 38.1 Å². The molecule has 0 aliphatic rings. The molecule has 1 rings (SSSR count). The van der Waals surface area contributed by atoms with E-state index in [9.17, 15) is 0 Å². The van der Waals surface area contributed by atoms with Crippen molar-refractivity contribution in [2.45, 2.75) is 13.8 Å². The molecule has 0 radical (unpaired) electrons. The Balaban J connectivity index is 2.97. The third-order valence-electron chi connectivity index (χ3n) is 1.59. The summed E-state index contributed by atoms with van der Waals surface area (Å²) in [5, 5.41) is 9.30. The molecule has 0 fully saturated rings. The second kappa shape index (κ2) is 4.40. The topological polar surface area (TPSA) is 28.0 Å². The van der Waals surface area contributed by atoms with Crippen LogP contribution in [0.15, 0.2) is 34.5 Å². The number of hydrogen-bond donors (Lipinski definition) is 0. The predicted octanol–water partition coefficient (Wildman–Crippen LogP) is 2.42. The first-order valence-corrected chi connectivity index (χ1v) is 4.10. The van der Waals surface area contributed by atoms with Gasteiger partial charge in [0.1, 0.15) is 0 Å². The molecule has 3 nitrogen and oxygen atoms in total. The second-order valence-corrected chi connectivity index (χ2v) is 2.64. The normalized spacial score (nSPS) is 10.3. The van der Waals surface area contributed by atoms with Crippen LogP contribution in [0, 0.1) is 6.92 Å². The lowest BCUT2D eigenvalue weighted by atomic mass is 10.2. The third-order valence-corrected chi connectivity index (χ3v) is 1.59. The Labute approximate surface area is 78.4 Å². The fourth-order valence-corrected chi connectivity index (χ4v) is 1.05. The summed E-state index contributed by atoms with van der Waals surface area (Å²) < 4.78 is 0. The highest BCUT2D eigenvalue weighted by Crippen LogP contribution is 2.15. The average molecular weight is 175 g/mol. The maximum Gasteiger partial charge on any atom is 0.0858 e. The summed E-state index contributed by atoms with van der Waals surface area (Å²) in [4.78, 5) is 0. The number of nitrogens with zero attached hydrogens (tertiary/aromatic N) is 3. The fourth-order valence-electron chi connectivity index (χ4n) is 1.05. The maximum absolute atomic E-state index is 4.03. The summed E-state index contributed by atoms with van der Waals surface area (Å²) in [5.41, 5.74) is 2.10. The minimum Gasteiger partial charge on any atom is -0.167 e. The largest absolute Gasteiger partial charge is 0.167 e. The van der Waals surface area contributed by atoms with Crippen LogP contribution < -0.4 is 5.12 Å². The van der Waals surface area contributed by atoms with E-state index in [1.54, 1.807) is 6.21 Å². The molecule has 0 amide bonds. The molecule has 0 N–H and O–H groups in total. The molecule has 0 heterocycles. The summed E-state index contributed by atoms with van der Waals surface area (Å²) in [6.45, 7) is 7.32. The highest BCUT2D eigenvalue weighted by atomic mass is 15.7. The summed E-state index contributed by atoms with van der Waals surface area (Å²) in [5.74, 6) is 0. The van der Waals surface area contributed by atoms with Gasteiger partial charge in [0.15, 0.2) is 0 Å². The highest BCUT2D eigenvalue weighted by Gasteiger charge is 1.99. The first kappa shape index (κ1) is 9.45. The van der Waals surface area contributed by atoms with E-state index in [0.29, 0.717) is 0 Å². The van der Waals surface area contributed by atoms with Crippen molar-refractivity contribution in [3.05, 3.63) is 29.8 Å². The number of aryl methyl sites for hydroxylation is 1. The summed E-state index contributed by atoms with van der Waals surface area (Å²) >= 11 is 0. The Bertz CT molecular complexity index is 318. The van der Waals surface area contributed by atoms with Gasteiger partial charge < -0.3 is 0 Å². The second-order valence-electron chi connectivity index (χ2n) is 2.64. The van der Waals surface area contributed by atoms with E-state index in [0.717, 1.165) is 5.69 Å². The zero-order valence-electron chi connectivity index (χ0n) is 7.94. The van der Waals surface area contributed by atoms with Crippen LogP contribution in [-0.2, 0) is 0 Å². The Morgan fingerprint density at radius 2 is 2.23 bits per heavy atom. The maximum atomic E-state index is 4.03. The molecule has 3 heteroatoms. The number of rotatable bonds is 3. The molecular weight excluding hydrogens is 162 g/mol. The minimum absolute atomic E-state index is 0.924. The van der Waals surface area contributed by atoms with E-state index < -0.39 is 0 Å². The SMILES string of the molecule is C=NN(/N=C\C)c1cccc(C)c1. The van der Waals surface area contributed by atoms with Crippen molar-refractivity contribution in [2.24, 2.45) is 10.2 Å². The van der Waals surface area contributed by atoms with Crippen molar-refractivity contribution in [1.82, 2.24) is 0 Å². The van der Waals surface area contributed by atoms with Crippen molar-refractivity contribution >= 4 is 18.6 Å². The van der Waals surface area contributed by atoms with Gasteiger partial charge in [0.25, 0.3) is 0 Å². The van der Waals surface area contributed by atoms with E-state index in [1.165, 1.54) is 10.7 Å². The van der Waals surface area contributed by atoms with Crippen LogP contribution in [0.1, 0.15) is 12.5 Å². The van der Waals surface area contributed by atoms with Gasteiger partial charge in [-0.1, -0.05) is 12.1 Å². The first-order valence-electron chi connectivity index (χ1n) is 4.10. The molecule has 0 aliphatic heterocycles. The van der Waals surface area contributed by atoms with Crippen molar-refractivity contribution in [2.75, 3.05) is 5.12 Å². The molecular formula is C10H13N3. The van der Waals surface area contributed by atoms with Gasteiger partial charge in [-0.15, -0.1) is 0 Å². The lowest BCUT2D eigenvalue weighted by Gasteiger charge is -2.11. The molecule has 0 spiro atoms. The lowest BCUT2D eigenvalue weighted by molar-refractivity contribution is 0.939. The van der Waals surface area contributed by atoms with Crippen LogP contribution in [0.3, 0.4) is 0 Å². The van der Waals surface area contributed by atoms with Crippen molar-refractivity contribution < 1.29 is 0 Å². The highest BCUT2D eigenvalue weighted by molar-refractivity contribution is 5.58. The van der Waals surface area contributed by atoms with Gasteiger partial charge in [-0.2, -0.15) is 15.3 Å². The molecule has 1 aromatic carbocycles. The number of hydrogen-bond acceptors (Lipinski definition) is 3. The van der Waals surface area contributed by atoms with E-state index in [4.69, 9.17) is 0 Å². The van der Waals surface area contributed by atoms with Crippen LogP contribution >= 0.6 is 0 Å². The van der Waals surface area contributed by atoms with Crippen molar-refractivity contribution in [3.63, 3.8) is 0 Å². The zero-order valence-corrected chi connectivity index (χ0v) is 7.94. The van der Waals surface area contributed by atoms with E-state index >= 15 is 0 Å². The molecule has 1 aromatic rings. The average Bonchev–Trinajstić information content (AvgIpc) is 2.14. The van der Waals surface area contributed by atoms with Gasteiger partial charge in [-0.05, 0) is 31.5 Å². The fraction of sp³-hybridized carbons (Fsp3) is 0.200. The molecule has 0 aliphatic carbocycles. The molecule has 0 saturated heterocycles. The minimum atomic E-state index is 0.924. The Morgan fingerprint density at radius 3 is 2.77 bits per heavy atom. The van der Waals surface area contributed by atoms with Crippen LogP contribution in [0.5, 0.6) is 0 Å². The molecule has 13 heavy (non-hydrogen) atoms. The molecule has 68 valence electrons. The number of benzene rings is 1. The summed E-state index contributed by atoms with van der Waals surface area (Å²) in [6, 6.07) is 7.94. The Kier molecular flexibility index (Phi) is 3.20. The number of anilines is 1. The van der Waals surface area contributed by atoms with Gasteiger partial charge in [0.2, 0.25) is 0 Å². The Hall–Kier alpha value is -1.64. The molecule has 0 aromatic heterocycles. The van der Waals surface area contributed by atoms with Gasteiger partial charge in [0.05, 0.1) is 5.69 Å². The van der Waals surface area contributed by atoms with E-state index in [-0.39, 0.29) is 0 Å². The van der Waals surface area contributed by atoms with Gasteiger partial charge in [0, 0.05) is 12.9 Å². The van der Waals surface area contributed by atoms with E-state index in [2.05, 4.69) is 16.9 Å². The van der Waals surface area contributed by atoms with Crippen molar-refractivity contribution in [3.8, 4) is 0 Å². The predicted molar refractivity (Wildman–Crippen MR) is 57.4 cm³/mol. The van der Waals surface area contributed by atoms with Crippen LogP contribution in [0.25, 0.3) is 0 Å². The molecule has 0 unspecified atom stereocenters. The number of hydrazone groups is 2. The smallest absolute Gasteiger partial charge is 0.0858 e. The molecule has 0 bridgehead atoms. The van der Waals surface area contributed by atoms with Crippen LogP contribution in [0.2, 0.25) is 0 Å². The third kappa shape index (κ3) is 2.40. The van der Waals surface area contributed by atoms with Gasteiger partial charge >= 0.3 is 0 Å². The summed E-state index contributed by atoms with van der Waals surface area (Å²) in [6.07, 6.45) is 1.68. The monoisotopic (exact) mass is 175 g/mol. The molecule has 0 saturated carbocycles. The molecule has 0 atom stereocenters. The van der Waals surface area contributed by atoms with Gasteiger partial charge in [-0.3, -0.25) is 0 Å². The van der Waals surface area contributed by atoms with Gasteiger partial charge in [-0.25, -0.2) is 0 Å². The Morgan fingerprint density at radius 1 is 1.46 bits per heavy atom. The van der Waals surface area contributed by atoms with Crippen LogP contribution in [-0.4, -0.2) is 12.9 Å². The summed E-state index contributed by atoms with van der Waals surface area (Å²) in [7, 11) is 0. The zero-order chi connectivity index (χ0) is 9.68. The standard InChI is InChI=1S/C10H13N3/c1-4-12-13(11-3)10-7-5-6-9(2)8-10/h4-8H,3H2,1-2H3/b12-4-. The quantitative estimate of drug-likeness (QED) is 0.512. The van der Waals surface area contributed by atoms with Crippen molar-refractivity contribution in [1.29, 1.82) is 0 Å². The van der Waals surface area contributed by atoms with Crippen LogP contribution in [0.4, 0.5) is 5.69 Å². The first-order chi connectivity index (χ1) is 6.27.